The molecule has 1 aromatic carbocycles. The third-order valence-electron chi connectivity index (χ3n) is 3.11. The van der Waals surface area contributed by atoms with Gasteiger partial charge in [0, 0.05) is 41.9 Å². The van der Waals surface area contributed by atoms with Gasteiger partial charge in [0.25, 0.3) is 0 Å². The maximum absolute atomic E-state index is 11.0. The summed E-state index contributed by atoms with van der Waals surface area (Å²) in [5, 5.41) is 5.84. The lowest BCUT2D eigenvalue weighted by Crippen LogP contribution is -2.05. The van der Waals surface area contributed by atoms with Crippen LogP contribution in [0.5, 0.6) is 0 Å². The zero-order chi connectivity index (χ0) is 15.4. The van der Waals surface area contributed by atoms with Crippen molar-refractivity contribution in [3.05, 3.63) is 64.7 Å². The van der Waals surface area contributed by atoms with E-state index >= 15 is 0 Å². The topological polar surface area (TPSA) is 54.9 Å². The first-order chi connectivity index (χ1) is 10.7. The van der Waals surface area contributed by atoms with Crippen LogP contribution in [0, 0.1) is 0 Å². The molecular weight excluding hydrogens is 294 g/mol. The Hall–Kier alpha value is -2.53. The summed E-state index contributed by atoms with van der Waals surface area (Å²) in [5.74, 6) is -0.0703. The second-order valence-corrected chi connectivity index (χ2v) is 5.83. The molecular formula is C17H15N3OS. The number of carbonyl (C=O) groups is 1. The zero-order valence-electron chi connectivity index (χ0n) is 12.1. The van der Waals surface area contributed by atoms with Crippen molar-refractivity contribution in [2.24, 2.45) is 0 Å². The van der Waals surface area contributed by atoms with Gasteiger partial charge in [0.05, 0.1) is 10.7 Å². The fourth-order valence-electron chi connectivity index (χ4n) is 2.11. The van der Waals surface area contributed by atoms with Gasteiger partial charge < -0.3 is 5.32 Å². The second-order valence-electron chi connectivity index (χ2n) is 4.88. The van der Waals surface area contributed by atoms with Crippen LogP contribution in [0.2, 0.25) is 0 Å². The summed E-state index contributed by atoms with van der Waals surface area (Å²) in [6.45, 7) is 1.50. The highest BCUT2D eigenvalue weighted by atomic mass is 32.1. The highest BCUT2D eigenvalue weighted by Crippen LogP contribution is 2.24. The van der Waals surface area contributed by atoms with Gasteiger partial charge in [-0.25, -0.2) is 4.98 Å². The van der Waals surface area contributed by atoms with Gasteiger partial charge >= 0.3 is 0 Å². The Bertz CT molecular complexity index is 766. The van der Waals surface area contributed by atoms with Gasteiger partial charge in [-0.2, -0.15) is 0 Å². The van der Waals surface area contributed by atoms with Gasteiger partial charge in [-0.3, -0.25) is 9.78 Å². The van der Waals surface area contributed by atoms with Crippen molar-refractivity contribution in [2.75, 3.05) is 5.32 Å². The monoisotopic (exact) mass is 309 g/mol. The van der Waals surface area contributed by atoms with Crippen molar-refractivity contribution in [2.45, 2.75) is 13.3 Å². The summed E-state index contributed by atoms with van der Waals surface area (Å²) in [6, 6.07) is 13.6. The molecule has 0 saturated carbocycles. The van der Waals surface area contributed by atoms with Crippen molar-refractivity contribution in [3.8, 4) is 11.3 Å². The van der Waals surface area contributed by atoms with E-state index in [1.807, 2.05) is 47.8 Å². The first-order valence-corrected chi connectivity index (χ1v) is 7.81. The predicted molar refractivity (Wildman–Crippen MR) is 88.9 cm³/mol. The molecule has 5 heteroatoms. The molecule has 0 fully saturated rings. The lowest BCUT2D eigenvalue weighted by molar-refractivity contribution is -0.114. The normalized spacial score (nSPS) is 10.4. The molecule has 0 spiro atoms. The number of carbonyl (C=O) groups excluding carboxylic acids is 1. The molecule has 3 rings (SSSR count). The third kappa shape index (κ3) is 3.56. The summed E-state index contributed by atoms with van der Waals surface area (Å²) in [7, 11) is 0. The minimum absolute atomic E-state index is 0.0703. The molecule has 0 bridgehead atoms. The van der Waals surface area contributed by atoms with E-state index in [0.29, 0.717) is 0 Å². The minimum Gasteiger partial charge on any atom is -0.326 e. The summed E-state index contributed by atoms with van der Waals surface area (Å²) in [6.07, 6.45) is 2.54. The van der Waals surface area contributed by atoms with Gasteiger partial charge in [-0.1, -0.05) is 18.2 Å². The van der Waals surface area contributed by atoms with Crippen molar-refractivity contribution >= 4 is 22.9 Å². The fraction of sp³-hybridized carbons (Fsp3) is 0.118. The Labute approximate surface area is 132 Å². The molecule has 2 heterocycles. The molecule has 22 heavy (non-hydrogen) atoms. The molecule has 0 radical (unpaired) electrons. The highest BCUT2D eigenvalue weighted by Gasteiger charge is 2.06. The molecule has 0 saturated heterocycles. The maximum atomic E-state index is 11.0. The number of amides is 1. The number of rotatable bonds is 4. The lowest BCUT2D eigenvalue weighted by atomic mass is 10.1. The van der Waals surface area contributed by atoms with Gasteiger partial charge in [0.1, 0.15) is 0 Å². The molecule has 1 amide bonds. The van der Waals surface area contributed by atoms with Crippen LogP contribution in [0.25, 0.3) is 11.3 Å². The Morgan fingerprint density at radius 3 is 2.68 bits per heavy atom. The second kappa shape index (κ2) is 6.49. The van der Waals surface area contributed by atoms with Gasteiger partial charge in [0.2, 0.25) is 5.91 Å². The summed E-state index contributed by atoms with van der Waals surface area (Å²) in [5.41, 5.74) is 3.80. The van der Waals surface area contributed by atoms with E-state index < -0.39 is 0 Å². The molecule has 1 N–H and O–H groups in total. The maximum Gasteiger partial charge on any atom is 0.221 e. The third-order valence-corrected chi connectivity index (χ3v) is 3.96. The number of nitrogens with one attached hydrogen (secondary N) is 1. The molecule has 4 nitrogen and oxygen atoms in total. The van der Waals surface area contributed by atoms with Crippen LogP contribution in [0.4, 0.5) is 5.69 Å². The molecule has 3 aromatic rings. The summed E-state index contributed by atoms with van der Waals surface area (Å²) >= 11 is 1.63. The van der Waals surface area contributed by atoms with E-state index in [0.717, 1.165) is 34.1 Å². The Morgan fingerprint density at radius 2 is 2.00 bits per heavy atom. The molecule has 0 atom stereocenters. The molecule has 0 aliphatic heterocycles. The quantitative estimate of drug-likeness (QED) is 0.798. The largest absolute Gasteiger partial charge is 0.326 e. The lowest BCUT2D eigenvalue weighted by Gasteiger charge is -2.02. The van der Waals surface area contributed by atoms with E-state index in [9.17, 15) is 4.79 Å². The van der Waals surface area contributed by atoms with E-state index in [4.69, 9.17) is 0 Å². The van der Waals surface area contributed by atoms with Crippen LogP contribution in [0.15, 0.2) is 54.0 Å². The van der Waals surface area contributed by atoms with Crippen LogP contribution in [0.1, 0.15) is 17.6 Å². The van der Waals surface area contributed by atoms with Crippen LogP contribution < -0.4 is 5.32 Å². The number of hydrogen-bond donors (Lipinski definition) is 1. The Morgan fingerprint density at radius 1 is 1.18 bits per heavy atom. The van der Waals surface area contributed by atoms with Gasteiger partial charge in [-0.15, -0.1) is 11.3 Å². The van der Waals surface area contributed by atoms with E-state index in [-0.39, 0.29) is 5.91 Å². The molecule has 2 aromatic heterocycles. The number of aromatic nitrogens is 2. The van der Waals surface area contributed by atoms with E-state index in [2.05, 4.69) is 15.3 Å². The number of thiazole rings is 1. The molecule has 0 aliphatic carbocycles. The Balaban J connectivity index is 1.74. The first kappa shape index (κ1) is 14.4. The first-order valence-electron chi connectivity index (χ1n) is 6.93. The molecule has 0 aliphatic rings. The number of hydrogen-bond acceptors (Lipinski definition) is 4. The number of nitrogens with zero attached hydrogens (tertiary/aromatic N) is 2. The van der Waals surface area contributed by atoms with Crippen LogP contribution in [0.3, 0.4) is 0 Å². The van der Waals surface area contributed by atoms with Gasteiger partial charge in [-0.05, 0) is 24.3 Å². The van der Waals surface area contributed by atoms with Crippen LogP contribution >= 0.6 is 11.3 Å². The van der Waals surface area contributed by atoms with Crippen LogP contribution in [-0.4, -0.2) is 15.9 Å². The Kier molecular flexibility index (Phi) is 4.25. The van der Waals surface area contributed by atoms with Crippen molar-refractivity contribution < 1.29 is 4.79 Å². The number of anilines is 1. The highest BCUT2D eigenvalue weighted by molar-refractivity contribution is 7.10. The fourth-order valence-corrected chi connectivity index (χ4v) is 2.93. The average molecular weight is 309 g/mol. The molecule has 0 unspecified atom stereocenters. The van der Waals surface area contributed by atoms with E-state index in [1.54, 1.807) is 17.5 Å². The standard InChI is InChI=1S/C17H15N3OS/c1-12(21)19-14-7-5-13(6-8-14)16-11-22-17(20-16)10-15-4-2-3-9-18-15/h2-9,11H,10H2,1H3,(H,19,21). The summed E-state index contributed by atoms with van der Waals surface area (Å²) in [4.78, 5) is 20.0. The molecule has 110 valence electrons. The predicted octanol–water partition coefficient (Wildman–Crippen LogP) is 3.75. The smallest absolute Gasteiger partial charge is 0.221 e. The minimum atomic E-state index is -0.0703. The SMILES string of the molecule is CC(=O)Nc1ccc(-c2csc(Cc3ccccn3)n2)cc1. The average Bonchev–Trinajstić information content (AvgIpc) is 2.97. The van der Waals surface area contributed by atoms with Gasteiger partial charge in [0.15, 0.2) is 0 Å². The number of benzene rings is 1. The van der Waals surface area contributed by atoms with Crippen molar-refractivity contribution in [1.82, 2.24) is 9.97 Å². The number of pyridine rings is 1. The van der Waals surface area contributed by atoms with E-state index in [1.165, 1.54) is 6.92 Å². The summed E-state index contributed by atoms with van der Waals surface area (Å²) < 4.78 is 0. The van der Waals surface area contributed by atoms with Crippen LogP contribution in [-0.2, 0) is 11.2 Å². The van der Waals surface area contributed by atoms with Crippen molar-refractivity contribution in [3.63, 3.8) is 0 Å². The van der Waals surface area contributed by atoms with Crippen molar-refractivity contribution in [1.29, 1.82) is 0 Å². The zero-order valence-corrected chi connectivity index (χ0v) is 12.9.